The van der Waals surface area contributed by atoms with Crippen molar-refractivity contribution in [2.24, 2.45) is 11.7 Å². The molecule has 158 valence electrons. The number of nitrogens with two attached hydrogens (primary N) is 1. The summed E-state index contributed by atoms with van der Waals surface area (Å²) in [6, 6.07) is 9.85. The molecular formula is C24H28FN3O2. The highest BCUT2D eigenvalue weighted by molar-refractivity contribution is 6.03. The molecule has 0 bridgehead atoms. The van der Waals surface area contributed by atoms with Crippen molar-refractivity contribution in [1.82, 2.24) is 9.97 Å². The Labute approximate surface area is 175 Å². The van der Waals surface area contributed by atoms with Crippen LogP contribution in [-0.4, -0.2) is 15.9 Å². The molecule has 1 amide bonds. The summed E-state index contributed by atoms with van der Waals surface area (Å²) in [5.41, 5.74) is 7.74. The summed E-state index contributed by atoms with van der Waals surface area (Å²) in [6.07, 6.45) is 7.38. The number of benzene rings is 1. The van der Waals surface area contributed by atoms with Gasteiger partial charge in [0.05, 0.1) is 10.9 Å². The third-order valence-electron chi connectivity index (χ3n) is 5.84. The van der Waals surface area contributed by atoms with Crippen LogP contribution >= 0.6 is 0 Å². The SMILES string of the molecule is CCC1CCC(c2cc(=O)c3c(C(N)=O)nccc3[nH]2)CC1.Cc1cccc(F)c1. The Bertz CT molecular complexity index is 1070. The molecule has 0 atom stereocenters. The van der Waals surface area contributed by atoms with Gasteiger partial charge in [0.1, 0.15) is 11.5 Å². The number of aromatic nitrogens is 2. The lowest BCUT2D eigenvalue weighted by molar-refractivity contribution is 0.0997. The van der Waals surface area contributed by atoms with Crippen LogP contribution in [0.3, 0.4) is 0 Å². The Kier molecular flexibility index (Phi) is 6.98. The Balaban J connectivity index is 0.000000269. The first-order chi connectivity index (χ1) is 14.4. The van der Waals surface area contributed by atoms with Crippen molar-refractivity contribution in [2.45, 2.75) is 51.9 Å². The highest BCUT2D eigenvalue weighted by Gasteiger charge is 2.23. The summed E-state index contributed by atoms with van der Waals surface area (Å²) in [7, 11) is 0. The molecule has 1 aromatic carbocycles. The molecule has 2 aromatic heterocycles. The summed E-state index contributed by atoms with van der Waals surface area (Å²) in [6.45, 7) is 4.10. The van der Waals surface area contributed by atoms with Crippen molar-refractivity contribution in [2.75, 3.05) is 0 Å². The van der Waals surface area contributed by atoms with E-state index in [1.165, 1.54) is 37.6 Å². The van der Waals surface area contributed by atoms with Crippen molar-refractivity contribution >= 4 is 16.8 Å². The Morgan fingerprint density at radius 2 is 1.93 bits per heavy atom. The smallest absolute Gasteiger partial charge is 0.268 e. The largest absolute Gasteiger partial charge is 0.364 e. The third-order valence-corrected chi connectivity index (χ3v) is 5.84. The van der Waals surface area contributed by atoms with Crippen molar-refractivity contribution in [3.8, 4) is 0 Å². The molecular weight excluding hydrogens is 381 g/mol. The van der Waals surface area contributed by atoms with Gasteiger partial charge in [-0.2, -0.15) is 0 Å². The number of hydrogen-bond donors (Lipinski definition) is 2. The quantitative estimate of drug-likeness (QED) is 0.649. The van der Waals surface area contributed by atoms with Gasteiger partial charge in [-0.25, -0.2) is 4.39 Å². The molecule has 6 heteroatoms. The van der Waals surface area contributed by atoms with Gasteiger partial charge in [-0.3, -0.25) is 14.6 Å². The molecule has 0 radical (unpaired) electrons. The van der Waals surface area contributed by atoms with E-state index in [2.05, 4.69) is 16.9 Å². The summed E-state index contributed by atoms with van der Waals surface area (Å²) in [4.78, 5) is 31.1. The normalized spacial score (nSPS) is 18.5. The van der Waals surface area contributed by atoms with E-state index in [9.17, 15) is 14.0 Å². The molecule has 30 heavy (non-hydrogen) atoms. The van der Waals surface area contributed by atoms with E-state index in [0.29, 0.717) is 16.8 Å². The van der Waals surface area contributed by atoms with Crippen molar-refractivity contribution in [3.05, 3.63) is 75.6 Å². The van der Waals surface area contributed by atoms with E-state index in [1.807, 2.05) is 13.0 Å². The standard InChI is InChI=1S/C17H21N3O2.C7H7F/c1-2-10-3-5-11(6-4-10)13-9-14(21)15-12(20-13)7-8-19-16(15)17(18)22;1-6-3-2-4-7(8)5-6/h7-11H,2-6H2,1H3,(H2,18,22)(H,20,21);2-5H,1H3. The number of amides is 1. The second-order valence-electron chi connectivity index (χ2n) is 7.96. The fraction of sp³-hybridized carbons (Fsp3) is 0.375. The molecule has 3 N–H and O–H groups in total. The lowest BCUT2D eigenvalue weighted by Crippen LogP contribution is -2.20. The number of halogens is 1. The van der Waals surface area contributed by atoms with Gasteiger partial charge in [-0.15, -0.1) is 0 Å². The van der Waals surface area contributed by atoms with Crippen LogP contribution in [-0.2, 0) is 0 Å². The first kappa shape index (κ1) is 21.7. The number of carbonyl (C=O) groups excluding carboxylic acids is 1. The van der Waals surface area contributed by atoms with Gasteiger partial charge >= 0.3 is 0 Å². The molecule has 4 rings (SSSR count). The minimum absolute atomic E-state index is 0.0417. The summed E-state index contributed by atoms with van der Waals surface area (Å²) >= 11 is 0. The first-order valence-electron chi connectivity index (χ1n) is 10.4. The average Bonchev–Trinajstić information content (AvgIpc) is 2.73. The average molecular weight is 410 g/mol. The zero-order valence-corrected chi connectivity index (χ0v) is 17.5. The zero-order valence-electron chi connectivity index (χ0n) is 17.5. The Hall–Kier alpha value is -3.02. The monoisotopic (exact) mass is 409 g/mol. The van der Waals surface area contributed by atoms with Crippen molar-refractivity contribution < 1.29 is 9.18 Å². The lowest BCUT2D eigenvalue weighted by Gasteiger charge is -2.27. The molecule has 0 spiro atoms. The number of nitrogens with zero attached hydrogens (tertiary/aromatic N) is 1. The number of aromatic amines is 1. The second kappa shape index (κ2) is 9.65. The number of hydrogen-bond acceptors (Lipinski definition) is 3. The molecule has 0 unspecified atom stereocenters. The van der Waals surface area contributed by atoms with Crippen LogP contribution in [0.5, 0.6) is 0 Å². The van der Waals surface area contributed by atoms with Crippen LogP contribution in [0.1, 0.15) is 66.7 Å². The number of rotatable bonds is 3. The minimum Gasteiger partial charge on any atom is -0.364 e. The highest BCUT2D eigenvalue weighted by Crippen LogP contribution is 2.36. The predicted molar refractivity (Wildman–Crippen MR) is 117 cm³/mol. The molecule has 1 aliphatic rings. The number of fused-ring (bicyclic) bond motifs is 1. The number of aryl methyl sites for hydroxylation is 1. The molecule has 1 fully saturated rings. The Morgan fingerprint density at radius 1 is 1.20 bits per heavy atom. The topological polar surface area (TPSA) is 88.8 Å². The van der Waals surface area contributed by atoms with E-state index in [-0.39, 0.29) is 16.9 Å². The third kappa shape index (κ3) is 5.12. The second-order valence-corrected chi connectivity index (χ2v) is 7.96. The fourth-order valence-corrected chi connectivity index (χ4v) is 4.11. The number of pyridine rings is 2. The number of H-pyrrole nitrogens is 1. The maximum Gasteiger partial charge on any atom is 0.268 e. The van der Waals surface area contributed by atoms with Gasteiger partial charge in [0, 0.05) is 18.0 Å². The Morgan fingerprint density at radius 3 is 2.50 bits per heavy atom. The van der Waals surface area contributed by atoms with Gasteiger partial charge in [0.25, 0.3) is 5.91 Å². The van der Waals surface area contributed by atoms with E-state index in [1.54, 1.807) is 18.2 Å². The predicted octanol–water partition coefficient (Wildman–Crippen LogP) is 4.84. The number of nitrogens with one attached hydrogen (secondary N) is 1. The van der Waals surface area contributed by atoms with Gasteiger partial charge in [-0.1, -0.05) is 25.5 Å². The maximum atomic E-state index is 12.4. The summed E-state index contributed by atoms with van der Waals surface area (Å²) in [5.74, 6) is 0.372. The number of primary amides is 1. The maximum absolute atomic E-state index is 12.4. The molecule has 0 aliphatic heterocycles. The van der Waals surface area contributed by atoms with E-state index >= 15 is 0 Å². The van der Waals surface area contributed by atoms with Gasteiger partial charge in [0.2, 0.25) is 0 Å². The van der Waals surface area contributed by atoms with Crippen LogP contribution in [0.4, 0.5) is 4.39 Å². The van der Waals surface area contributed by atoms with Gasteiger partial charge in [0.15, 0.2) is 5.43 Å². The first-order valence-corrected chi connectivity index (χ1v) is 10.4. The van der Waals surface area contributed by atoms with E-state index in [0.717, 1.165) is 30.0 Å². The van der Waals surface area contributed by atoms with Gasteiger partial charge < -0.3 is 10.7 Å². The van der Waals surface area contributed by atoms with Crippen LogP contribution < -0.4 is 11.2 Å². The molecule has 0 saturated heterocycles. The van der Waals surface area contributed by atoms with Crippen molar-refractivity contribution in [1.29, 1.82) is 0 Å². The van der Waals surface area contributed by atoms with Crippen LogP contribution in [0, 0.1) is 18.7 Å². The van der Waals surface area contributed by atoms with E-state index < -0.39 is 5.91 Å². The molecule has 1 saturated carbocycles. The molecule has 5 nitrogen and oxygen atoms in total. The zero-order chi connectivity index (χ0) is 21.7. The van der Waals surface area contributed by atoms with Crippen LogP contribution in [0.2, 0.25) is 0 Å². The summed E-state index contributed by atoms with van der Waals surface area (Å²) in [5, 5.41) is 0.293. The van der Waals surface area contributed by atoms with E-state index in [4.69, 9.17) is 5.73 Å². The lowest BCUT2D eigenvalue weighted by atomic mass is 9.79. The molecule has 2 heterocycles. The highest BCUT2D eigenvalue weighted by atomic mass is 19.1. The number of carbonyl (C=O) groups is 1. The van der Waals surface area contributed by atoms with Crippen LogP contribution in [0.25, 0.3) is 10.9 Å². The van der Waals surface area contributed by atoms with Gasteiger partial charge in [-0.05, 0) is 68.2 Å². The molecule has 1 aliphatic carbocycles. The molecule has 3 aromatic rings. The summed E-state index contributed by atoms with van der Waals surface area (Å²) < 4.78 is 12.2. The van der Waals surface area contributed by atoms with Crippen LogP contribution in [0.15, 0.2) is 47.4 Å². The fourth-order valence-electron chi connectivity index (χ4n) is 4.11. The minimum atomic E-state index is -0.674. The van der Waals surface area contributed by atoms with Crippen molar-refractivity contribution in [3.63, 3.8) is 0 Å².